The van der Waals surface area contributed by atoms with Gasteiger partial charge in [-0.2, -0.15) is 13.2 Å². The number of ketones is 1. The van der Waals surface area contributed by atoms with Gasteiger partial charge in [-0.1, -0.05) is 6.07 Å². The van der Waals surface area contributed by atoms with Crippen LogP contribution in [0.2, 0.25) is 0 Å². The molecule has 0 aliphatic carbocycles. The summed E-state index contributed by atoms with van der Waals surface area (Å²) >= 11 is 0. The summed E-state index contributed by atoms with van der Waals surface area (Å²) < 4.78 is 68.1. The fourth-order valence-corrected chi connectivity index (χ4v) is 4.53. The summed E-state index contributed by atoms with van der Waals surface area (Å²) in [6.07, 6.45) is -1.77. The van der Waals surface area contributed by atoms with Gasteiger partial charge in [0, 0.05) is 17.8 Å². The fraction of sp³-hybridized carbons (Fsp3) is 0.182. The Morgan fingerprint density at radius 2 is 1.76 bits per heavy atom. The smallest absolute Gasteiger partial charge is 0.346 e. The molecule has 0 aliphatic heterocycles. The molecule has 0 bridgehead atoms. The number of nitrogens with one attached hydrogen (secondary N) is 2. The largest absolute Gasteiger partial charge is 0.416 e. The molecular weight excluding hydrogens is 471 g/mol. The maximum Gasteiger partial charge on any atom is 0.416 e. The summed E-state index contributed by atoms with van der Waals surface area (Å²) in [6.45, 7) is 4.46. The highest BCUT2D eigenvalue weighted by atomic mass is 32.2. The predicted octanol–water partition coefficient (Wildman–Crippen LogP) is 4.33. The van der Waals surface area contributed by atoms with Gasteiger partial charge in [0.05, 0.1) is 16.1 Å². The number of halogens is 3. The van der Waals surface area contributed by atoms with Crippen LogP contribution in [0, 0.1) is 20.8 Å². The summed E-state index contributed by atoms with van der Waals surface area (Å²) in [5, 5.41) is 0.417. The minimum absolute atomic E-state index is 0.00949. The second-order valence-corrected chi connectivity index (χ2v) is 9.36. The second-order valence-electron chi connectivity index (χ2n) is 7.68. The van der Waals surface area contributed by atoms with Gasteiger partial charge in [0.2, 0.25) is 5.78 Å². The SMILES string of the molecule is Cc1cnc(C(=O)c2nc(C)nc3[nH]ccc23)c(NS(=O)(=O)c2ccc(C)c(C(F)(F)F)c2)c1. The minimum atomic E-state index is -4.73. The first-order valence-electron chi connectivity index (χ1n) is 9.90. The van der Waals surface area contributed by atoms with Gasteiger partial charge in [-0.05, 0) is 56.2 Å². The highest BCUT2D eigenvalue weighted by molar-refractivity contribution is 7.92. The van der Waals surface area contributed by atoms with Crippen LogP contribution >= 0.6 is 0 Å². The van der Waals surface area contributed by atoms with Gasteiger partial charge >= 0.3 is 6.18 Å². The van der Waals surface area contributed by atoms with Crippen LogP contribution in [0.25, 0.3) is 11.0 Å². The first kappa shape index (κ1) is 23.4. The van der Waals surface area contributed by atoms with Gasteiger partial charge in [-0.3, -0.25) is 14.5 Å². The number of carbonyl (C=O) groups excluding carboxylic acids is 1. The molecule has 1 aromatic carbocycles. The molecule has 0 saturated heterocycles. The molecule has 8 nitrogen and oxygen atoms in total. The van der Waals surface area contributed by atoms with Crippen molar-refractivity contribution in [2.75, 3.05) is 4.72 Å². The third kappa shape index (κ3) is 4.36. The monoisotopic (exact) mass is 489 g/mol. The minimum Gasteiger partial charge on any atom is -0.346 e. The number of alkyl halides is 3. The molecule has 0 aliphatic rings. The Balaban J connectivity index is 1.79. The van der Waals surface area contributed by atoms with Crippen molar-refractivity contribution in [1.82, 2.24) is 19.9 Å². The predicted molar refractivity (Wildman–Crippen MR) is 118 cm³/mol. The van der Waals surface area contributed by atoms with Crippen molar-refractivity contribution in [3.63, 3.8) is 0 Å². The van der Waals surface area contributed by atoms with Gasteiger partial charge in [0.1, 0.15) is 22.9 Å². The van der Waals surface area contributed by atoms with Crippen molar-refractivity contribution < 1.29 is 26.4 Å². The summed E-state index contributed by atoms with van der Waals surface area (Å²) in [4.78, 5) is 28.1. The topological polar surface area (TPSA) is 118 Å². The standard InChI is InChI=1S/C22H18F3N5O3S/c1-11-8-17(30-34(32,33)14-5-4-12(2)16(9-14)22(23,24)25)19(27-10-11)20(31)18-15-6-7-26-21(15)29-13(3)28-18/h4-10,30H,1-3H3,(H,26,28,29). The van der Waals surface area contributed by atoms with Gasteiger partial charge in [-0.15, -0.1) is 0 Å². The first-order valence-corrected chi connectivity index (χ1v) is 11.4. The summed E-state index contributed by atoms with van der Waals surface area (Å²) in [7, 11) is -4.49. The quantitative estimate of drug-likeness (QED) is 0.403. The van der Waals surface area contributed by atoms with Crippen LogP contribution in [0.3, 0.4) is 0 Å². The van der Waals surface area contributed by atoms with Crippen LogP contribution in [0.15, 0.2) is 47.6 Å². The van der Waals surface area contributed by atoms with Crippen LogP contribution in [0.1, 0.15) is 38.7 Å². The van der Waals surface area contributed by atoms with Crippen molar-refractivity contribution >= 4 is 32.5 Å². The number of aromatic amines is 1. The van der Waals surface area contributed by atoms with Crippen molar-refractivity contribution in [2.24, 2.45) is 0 Å². The van der Waals surface area contributed by atoms with E-state index in [2.05, 4.69) is 24.7 Å². The number of aromatic nitrogens is 4. The Morgan fingerprint density at radius 1 is 1.03 bits per heavy atom. The molecule has 2 N–H and O–H groups in total. The molecule has 3 heterocycles. The molecule has 0 atom stereocenters. The van der Waals surface area contributed by atoms with E-state index in [9.17, 15) is 26.4 Å². The molecule has 34 heavy (non-hydrogen) atoms. The number of hydrogen-bond acceptors (Lipinski definition) is 6. The van der Waals surface area contributed by atoms with Crippen LogP contribution in [0.4, 0.5) is 18.9 Å². The Labute approximate surface area is 192 Å². The number of fused-ring (bicyclic) bond motifs is 1. The molecule has 0 radical (unpaired) electrons. The molecule has 176 valence electrons. The Bertz CT molecular complexity index is 1550. The number of pyridine rings is 1. The Hall–Kier alpha value is -3.80. The van der Waals surface area contributed by atoms with E-state index in [0.717, 1.165) is 12.1 Å². The molecule has 4 aromatic rings. The Morgan fingerprint density at radius 3 is 2.47 bits per heavy atom. The number of aryl methyl sites for hydroxylation is 3. The average Bonchev–Trinajstić information content (AvgIpc) is 3.20. The number of sulfonamides is 1. The second kappa shape index (κ2) is 8.20. The number of H-pyrrole nitrogens is 1. The van der Waals surface area contributed by atoms with Crippen LogP contribution in [-0.4, -0.2) is 34.1 Å². The molecule has 3 aromatic heterocycles. The fourth-order valence-electron chi connectivity index (χ4n) is 3.44. The van der Waals surface area contributed by atoms with E-state index in [0.29, 0.717) is 28.5 Å². The molecule has 0 saturated carbocycles. The van der Waals surface area contributed by atoms with E-state index in [1.165, 1.54) is 19.2 Å². The number of carbonyl (C=O) groups is 1. The third-order valence-corrected chi connectivity index (χ3v) is 6.41. The van der Waals surface area contributed by atoms with E-state index >= 15 is 0 Å². The summed E-state index contributed by atoms with van der Waals surface area (Å²) in [5.41, 5.74) is -0.661. The van der Waals surface area contributed by atoms with Gasteiger partial charge < -0.3 is 4.98 Å². The van der Waals surface area contributed by atoms with Crippen molar-refractivity contribution in [2.45, 2.75) is 31.8 Å². The van der Waals surface area contributed by atoms with Crippen LogP contribution < -0.4 is 4.72 Å². The number of rotatable bonds is 5. The van der Waals surface area contributed by atoms with E-state index in [-0.39, 0.29) is 22.6 Å². The summed E-state index contributed by atoms with van der Waals surface area (Å²) in [5.74, 6) is -0.362. The van der Waals surface area contributed by atoms with E-state index < -0.39 is 32.4 Å². The van der Waals surface area contributed by atoms with Crippen molar-refractivity contribution in [3.05, 3.63) is 76.6 Å². The van der Waals surface area contributed by atoms with Crippen molar-refractivity contribution in [1.29, 1.82) is 0 Å². The maximum absolute atomic E-state index is 13.3. The van der Waals surface area contributed by atoms with E-state index in [1.807, 2.05) is 0 Å². The molecule has 0 amide bonds. The zero-order valence-electron chi connectivity index (χ0n) is 18.1. The highest BCUT2D eigenvalue weighted by Crippen LogP contribution is 2.34. The average molecular weight is 489 g/mol. The van der Waals surface area contributed by atoms with E-state index in [1.54, 1.807) is 26.1 Å². The zero-order valence-corrected chi connectivity index (χ0v) is 19.0. The number of anilines is 1. The van der Waals surface area contributed by atoms with Crippen LogP contribution in [-0.2, 0) is 16.2 Å². The lowest BCUT2D eigenvalue weighted by Gasteiger charge is -2.15. The lowest BCUT2D eigenvalue weighted by Crippen LogP contribution is -2.19. The zero-order chi connectivity index (χ0) is 24.8. The number of nitrogens with zero attached hydrogens (tertiary/aromatic N) is 3. The van der Waals surface area contributed by atoms with Crippen LogP contribution in [0.5, 0.6) is 0 Å². The molecule has 0 fully saturated rings. The normalized spacial score (nSPS) is 12.2. The molecule has 0 unspecified atom stereocenters. The first-order chi connectivity index (χ1) is 15.9. The lowest BCUT2D eigenvalue weighted by atomic mass is 10.1. The van der Waals surface area contributed by atoms with E-state index in [4.69, 9.17) is 0 Å². The van der Waals surface area contributed by atoms with Crippen molar-refractivity contribution in [3.8, 4) is 0 Å². The van der Waals surface area contributed by atoms with Gasteiger partial charge in [-0.25, -0.2) is 18.4 Å². The molecule has 12 heteroatoms. The van der Waals surface area contributed by atoms with Gasteiger partial charge in [0.25, 0.3) is 10.0 Å². The lowest BCUT2D eigenvalue weighted by molar-refractivity contribution is -0.138. The third-order valence-electron chi connectivity index (χ3n) is 5.05. The number of hydrogen-bond donors (Lipinski definition) is 2. The number of benzene rings is 1. The van der Waals surface area contributed by atoms with Gasteiger partial charge in [0.15, 0.2) is 0 Å². The molecule has 0 spiro atoms. The molecule has 4 rings (SSSR count). The maximum atomic E-state index is 13.3. The Kier molecular flexibility index (Phi) is 5.64. The summed E-state index contributed by atoms with van der Waals surface area (Å²) in [6, 6.07) is 5.67. The highest BCUT2D eigenvalue weighted by Gasteiger charge is 2.34. The molecular formula is C22H18F3N5O3S.